The van der Waals surface area contributed by atoms with E-state index < -0.39 is 0 Å². The minimum atomic E-state index is -0.309. The van der Waals surface area contributed by atoms with Gasteiger partial charge in [0.25, 0.3) is 0 Å². The van der Waals surface area contributed by atoms with Crippen LogP contribution in [0, 0.1) is 0 Å². The Bertz CT molecular complexity index is 804. The number of amides is 1. The van der Waals surface area contributed by atoms with Gasteiger partial charge in [0, 0.05) is 6.08 Å². The second kappa shape index (κ2) is 11.8. The number of rotatable bonds is 9. The molecule has 0 spiro atoms. The van der Waals surface area contributed by atoms with Gasteiger partial charge in [-0.2, -0.15) is 0 Å². The van der Waals surface area contributed by atoms with E-state index in [1.54, 1.807) is 6.08 Å². The molecule has 0 saturated heterocycles. The van der Waals surface area contributed by atoms with Crippen molar-refractivity contribution in [2.45, 2.75) is 26.7 Å². The molecule has 6 heteroatoms. The zero-order valence-corrected chi connectivity index (χ0v) is 17.1. The van der Waals surface area contributed by atoms with E-state index in [1.807, 2.05) is 55.5 Å². The van der Waals surface area contributed by atoms with Gasteiger partial charge in [0.05, 0.1) is 18.9 Å². The summed E-state index contributed by atoms with van der Waals surface area (Å²) in [5, 5.41) is 5.87. The highest BCUT2D eigenvalue weighted by Crippen LogP contribution is 2.23. The second-order valence-electron chi connectivity index (χ2n) is 5.98. The summed E-state index contributed by atoms with van der Waals surface area (Å²) in [5.74, 6) is 1.20. The fourth-order valence-electron chi connectivity index (χ4n) is 2.34. The van der Waals surface area contributed by atoms with E-state index in [4.69, 9.17) is 21.7 Å². The van der Waals surface area contributed by atoms with Gasteiger partial charge in [0.2, 0.25) is 5.91 Å². The molecular formula is C22H26N2O3S. The molecule has 2 rings (SSSR count). The number of hydrogen-bond acceptors (Lipinski definition) is 4. The number of ether oxygens (including phenoxy) is 2. The van der Waals surface area contributed by atoms with Crippen molar-refractivity contribution in [3.8, 4) is 11.5 Å². The summed E-state index contributed by atoms with van der Waals surface area (Å²) >= 11 is 5.24. The summed E-state index contributed by atoms with van der Waals surface area (Å²) in [4.78, 5) is 12.1. The van der Waals surface area contributed by atoms with Gasteiger partial charge in [0.15, 0.2) is 5.11 Å². The Morgan fingerprint density at radius 2 is 1.82 bits per heavy atom. The summed E-state index contributed by atoms with van der Waals surface area (Å²) in [6.45, 7) is 5.30. The van der Waals surface area contributed by atoms with Gasteiger partial charge < -0.3 is 14.8 Å². The molecule has 0 bridgehead atoms. The van der Waals surface area contributed by atoms with E-state index in [0.29, 0.717) is 19.0 Å². The number of benzene rings is 2. The zero-order valence-electron chi connectivity index (χ0n) is 16.2. The van der Waals surface area contributed by atoms with Gasteiger partial charge in [-0.25, -0.2) is 0 Å². The van der Waals surface area contributed by atoms with Crippen LogP contribution in [0.4, 0.5) is 5.69 Å². The largest absolute Gasteiger partial charge is 0.494 e. The van der Waals surface area contributed by atoms with Crippen molar-refractivity contribution in [2.75, 3.05) is 18.5 Å². The Hall–Kier alpha value is -2.86. The normalized spacial score (nSPS) is 10.5. The number of nitrogens with one attached hydrogen (secondary N) is 2. The third kappa shape index (κ3) is 7.40. The standard InChI is InChI=1S/C22H26N2O3S/c1-3-5-16-27-20-9-7-6-8-19(20)23-22(28)24-21(25)15-12-17-10-13-18(14-11-17)26-4-2/h6-15H,3-5,16H2,1-2H3,(H2,23,24,25,28)/b15-12+. The maximum Gasteiger partial charge on any atom is 0.250 e. The lowest BCUT2D eigenvalue weighted by Crippen LogP contribution is -2.32. The molecule has 0 radical (unpaired) electrons. The smallest absolute Gasteiger partial charge is 0.250 e. The van der Waals surface area contributed by atoms with Crippen molar-refractivity contribution < 1.29 is 14.3 Å². The van der Waals surface area contributed by atoms with Gasteiger partial charge >= 0.3 is 0 Å². The summed E-state index contributed by atoms with van der Waals surface area (Å²) in [6, 6.07) is 15.0. The minimum Gasteiger partial charge on any atom is -0.494 e. The first kappa shape index (κ1) is 21.4. The van der Waals surface area contributed by atoms with Crippen LogP contribution in [-0.2, 0) is 4.79 Å². The predicted octanol–water partition coefficient (Wildman–Crippen LogP) is 4.79. The van der Waals surface area contributed by atoms with Gasteiger partial charge in [-0.05, 0) is 61.5 Å². The predicted molar refractivity (Wildman–Crippen MR) is 118 cm³/mol. The van der Waals surface area contributed by atoms with Gasteiger partial charge in [0.1, 0.15) is 11.5 Å². The molecule has 1 amide bonds. The summed E-state index contributed by atoms with van der Waals surface area (Å²) in [6.07, 6.45) is 5.19. The molecule has 148 valence electrons. The Labute approximate surface area is 171 Å². The molecule has 0 aromatic heterocycles. The van der Waals surface area contributed by atoms with Gasteiger partial charge in [-0.15, -0.1) is 0 Å². The van der Waals surface area contributed by atoms with Crippen molar-refractivity contribution in [3.05, 3.63) is 60.2 Å². The number of thiocarbonyl (C=S) groups is 1. The van der Waals surface area contributed by atoms with Crippen LogP contribution >= 0.6 is 12.2 Å². The second-order valence-corrected chi connectivity index (χ2v) is 6.39. The topological polar surface area (TPSA) is 59.6 Å². The lowest BCUT2D eigenvalue weighted by atomic mass is 10.2. The highest BCUT2D eigenvalue weighted by molar-refractivity contribution is 7.80. The average Bonchev–Trinajstić information content (AvgIpc) is 2.69. The number of unbranched alkanes of at least 4 members (excludes halogenated alkanes) is 1. The Morgan fingerprint density at radius 3 is 2.54 bits per heavy atom. The molecule has 0 aliphatic heterocycles. The number of carbonyl (C=O) groups excluding carboxylic acids is 1. The van der Waals surface area contributed by atoms with Gasteiger partial charge in [-0.3, -0.25) is 10.1 Å². The zero-order chi connectivity index (χ0) is 20.2. The third-order valence-electron chi connectivity index (χ3n) is 3.75. The Morgan fingerprint density at radius 1 is 1.07 bits per heavy atom. The van der Waals surface area contributed by atoms with E-state index in [0.717, 1.165) is 29.8 Å². The number of carbonyl (C=O) groups is 1. The van der Waals surface area contributed by atoms with Crippen molar-refractivity contribution >= 4 is 35.0 Å². The molecule has 0 fully saturated rings. The molecular weight excluding hydrogens is 372 g/mol. The van der Waals surface area contributed by atoms with Crippen LogP contribution in [0.1, 0.15) is 32.3 Å². The lowest BCUT2D eigenvalue weighted by molar-refractivity contribution is -0.115. The number of anilines is 1. The van der Waals surface area contributed by atoms with E-state index in [2.05, 4.69) is 17.6 Å². The average molecular weight is 399 g/mol. The molecule has 0 unspecified atom stereocenters. The van der Waals surface area contributed by atoms with Crippen LogP contribution in [0.2, 0.25) is 0 Å². The first-order chi connectivity index (χ1) is 13.6. The van der Waals surface area contributed by atoms with Crippen molar-refractivity contribution in [2.24, 2.45) is 0 Å². The monoisotopic (exact) mass is 398 g/mol. The van der Waals surface area contributed by atoms with Crippen LogP contribution < -0.4 is 20.1 Å². The molecule has 2 aromatic carbocycles. The highest BCUT2D eigenvalue weighted by atomic mass is 32.1. The third-order valence-corrected chi connectivity index (χ3v) is 3.95. The molecule has 0 atom stereocenters. The van der Waals surface area contributed by atoms with E-state index in [-0.39, 0.29) is 11.0 Å². The molecule has 0 saturated carbocycles. The molecule has 5 nitrogen and oxygen atoms in total. The van der Waals surface area contributed by atoms with Crippen LogP contribution in [0.15, 0.2) is 54.6 Å². The molecule has 2 aromatic rings. The SMILES string of the molecule is CCCCOc1ccccc1NC(=S)NC(=O)/C=C/c1ccc(OCC)cc1. The van der Waals surface area contributed by atoms with Crippen molar-refractivity contribution in [1.82, 2.24) is 5.32 Å². The molecule has 0 aliphatic carbocycles. The quantitative estimate of drug-likeness (QED) is 0.361. The van der Waals surface area contributed by atoms with Crippen LogP contribution in [0.25, 0.3) is 6.08 Å². The van der Waals surface area contributed by atoms with E-state index >= 15 is 0 Å². The van der Waals surface area contributed by atoms with Crippen LogP contribution in [0.5, 0.6) is 11.5 Å². The van der Waals surface area contributed by atoms with E-state index in [9.17, 15) is 4.79 Å². The Kier molecular flexibility index (Phi) is 9.01. The number of hydrogen-bond donors (Lipinski definition) is 2. The van der Waals surface area contributed by atoms with Crippen molar-refractivity contribution in [1.29, 1.82) is 0 Å². The maximum atomic E-state index is 12.1. The minimum absolute atomic E-state index is 0.216. The van der Waals surface area contributed by atoms with Crippen molar-refractivity contribution in [3.63, 3.8) is 0 Å². The van der Waals surface area contributed by atoms with Crippen LogP contribution in [-0.4, -0.2) is 24.2 Å². The summed E-state index contributed by atoms with van der Waals surface area (Å²) in [7, 11) is 0. The molecule has 28 heavy (non-hydrogen) atoms. The fourth-order valence-corrected chi connectivity index (χ4v) is 2.55. The highest BCUT2D eigenvalue weighted by Gasteiger charge is 2.06. The molecule has 2 N–H and O–H groups in total. The summed E-state index contributed by atoms with van der Waals surface area (Å²) in [5.41, 5.74) is 1.62. The first-order valence-electron chi connectivity index (χ1n) is 9.37. The maximum absolute atomic E-state index is 12.1. The summed E-state index contributed by atoms with van der Waals surface area (Å²) < 4.78 is 11.2. The number of para-hydroxylation sites is 2. The van der Waals surface area contributed by atoms with Crippen LogP contribution in [0.3, 0.4) is 0 Å². The van der Waals surface area contributed by atoms with Gasteiger partial charge in [-0.1, -0.05) is 37.6 Å². The first-order valence-corrected chi connectivity index (χ1v) is 9.78. The molecule has 0 heterocycles. The Balaban J connectivity index is 1.88. The van der Waals surface area contributed by atoms with E-state index in [1.165, 1.54) is 6.08 Å². The molecule has 0 aliphatic rings. The lowest BCUT2D eigenvalue weighted by Gasteiger charge is -2.13. The fraction of sp³-hybridized carbons (Fsp3) is 0.273.